The number of hydrogen-bond acceptors (Lipinski definition) is 6. The summed E-state index contributed by atoms with van der Waals surface area (Å²) >= 11 is 0. The Labute approximate surface area is 146 Å². The van der Waals surface area contributed by atoms with Gasteiger partial charge in [0.25, 0.3) is 0 Å². The van der Waals surface area contributed by atoms with Gasteiger partial charge >= 0.3 is 0 Å². The van der Waals surface area contributed by atoms with E-state index in [0.717, 1.165) is 47.6 Å². The van der Waals surface area contributed by atoms with E-state index >= 15 is 0 Å². The minimum Gasteiger partial charge on any atom is -0.491 e. The Balaban J connectivity index is 1.41. The van der Waals surface area contributed by atoms with Crippen LogP contribution < -0.4 is 10.1 Å². The zero-order valence-corrected chi connectivity index (χ0v) is 14.2. The zero-order chi connectivity index (χ0) is 17.1. The number of ether oxygens (including phenoxy) is 2. The molecular weight excluding hydrogens is 318 g/mol. The molecule has 7 heteroatoms. The number of aryl methyl sites for hydroxylation is 1. The highest BCUT2D eigenvalue weighted by Crippen LogP contribution is 2.20. The molecule has 0 radical (unpaired) electrons. The summed E-state index contributed by atoms with van der Waals surface area (Å²) in [5.41, 5.74) is 1.94. The molecule has 0 aliphatic carbocycles. The van der Waals surface area contributed by atoms with Crippen molar-refractivity contribution in [1.82, 2.24) is 19.7 Å². The van der Waals surface area contributed by atoms with Crippen molar-refractivity contribution in [3.05, 3.63) is 42.4 Å². The van der Waals surface area contributed by atoms with E-state index in [-0.39, 0.29) is 6.10 Å². The second kappa shape index (κ2) is 7.06. The molecule has 0 bridgehead atoms. The average molecular weight is 339 g/mol. The third-order valence-electron chi connectivity index (χ3n) is 4.35. The van der Waals surface area contributed by atoms with Gasteiger partial charge in [0.05, 0.1) is 17.7 Å². The second-order valence-corrected chi connectivity index (χ2v) is 6.17. The molecule has 130 valence electrons. The van der Waals surface area contributed by atoms with E-state index in [4.69, 9.17) is 9.47 Å². The van der Waals surface area contributed by atoms with E-state index in [1.807, 2.05) is 25.2 Å². The Morgan fingerprint density at radius 2 is 2.32 bits per heavy atom. The van der Waals surface area contributed by atoms with E-state index < -0.39 is 0 Å². The lowest BCUT2D eigenvalue weighted by Crippen LogP contribution is -2.16. The summed E-state index contributed by atoms with van der Waals surface area (Å²) in [7, 11) is 1.87. The maximum atomic E-state index is 5.86. The fraction of sp³-hybridized carbons (Fsp3) is 0.389. The Bertz CT molecular complexity index is 858. The minimum absolute atomic E-state index is 0.224. The van der Waals surface area contributed by atoms with Gasteiger partial charge in [-0.15, -0.1) is 0 Å². The number of nitrogens with one attached hydrogen (secondary N) is 1. The monoisotopic (exact) mass is 339 g/mol. The Hall–Kier alpha value is -2.67. The number of aromatic nitrogens is 4. The van der Waals surface area contributed by atoms with Gasteiger partial charge in [-0.2, -0.15) is 5.10 Å². The molecule has 3 heterocycles. The van der Waals surface area contributed by atoms with Crippen molar-refractivity contribution < 1.29 is 9.47 Å². The summed E-state index contributed by atoms with van der Waals surface area (Å²) in [6.45, 7) is 2.11. The predicted octanol–water partition coefficient (Wildman–Crippen LogP) is 2.53. The third kappa shape index (κ3) is 3.56. The first-order valence-corrected chi connectivity index (χ1v) is 8.49. The van der Waals surface area contributed by atoms with E-state index in [1.165, 1.54) is 0 Å². The number of hydrogen-bond donors (Lipinski definition) is 1. The second-order valence-electron chi connectivity index (χ2n) is 6.17. The maximum Gasteiger partial charge on any atom is 0.163 e. The molecule has 0 saturated carbocycles. The van der Waals surface area contributed by atoms with Gasteiger partial charge in [0.2, 0.25) is 0 Å². The highest BCUT2D eigenvalue weighted by Gasteiger charge is 2.16. The molecule has 2 aromatic heterocycles. The van der Waals surface area contributed by atoms with Crippen LogP contribution in [0.4, 0.5) is 5.82 Å². The van der Waals surface area contributed by atoms with E-state index in [9.17, 15) is 0 Å². The molecule has 0 unspecified atom stereocenters. The van der Waals surface area contributed by atoms with Gasteiger partial charge in [0.15, 0.2) is 5.65 Å². The molecule has 7 nitrogen and oxygen atoms in total. The fourth-order valence-electron chi connectivity index (χ4n) is 3.00. The van der Waals surface area contributed by atoms with Crippen molar-refractivity contribution in [3.63, 3.8) is 0 Å². The molecule has 4 rings (SSSR count). The van der Waals surface area contributed by atoms with Gasteiger partial charge in [-0.1, -0.05) is 12.1 Å². The first-order chi connectivity index (χ1) is 12.3. The summed E-state index contributed by atoms with van der Waals surface area (Å²) in [5, 5.41) is 8.50. The van der Waals surface area contributed by atoms with Gasteiger partial charge in [-0.25, -0.2) is 9.97 Å². The number of rotatable bonds is 6. The smallest absolute Gasteiger partial charge is 0.163 e. The molecule has 1 aromatic carbocycles. The van der Waals surface area contributed by atoms with Crippen LogP contribution in [0.1, 0.15) is 18.4 Å². The van der Waals surface area contributed by atoms with Crippen LogP contribution in [-0.2, 0) is 18.3 Å². The van der Waals surface area contributed by atoms with Crippen molar-refractivity contribution in [2.24, 2.45) is 7.05 Å². The van der Waals surface area contributed by atoms with Crippen LogP contribution in [0.25, 0.3) is 11.0 Å². The molecule has 25 heavy (non-hydrogen) atoms. The third-order valence-corrected chi connectivity index (χ3v) is 4.35. The van der Waals surface area contributed by atoms with E-state index in [1.54, 1.807) is 17.2 Å². The number of anilines is 1. The normalized spacial score (nSPS) is 17.1. The van der Waals surface area contributed by atoms with Crippen LogP contribution >= 0.6 is 0 Å². The summed E-state index contributed by atoms with van der Waals surface area (Å²) in [5.74, 6) is 1.65. The maximum absolute atomic E-state index is 5.86. The summed E-state index contributed by atoms with van der Waals surface area (Å²) < 4.78 is 13.2. The number of benzene rings is 1. The molecule has 1 fully saturated rings. The predicted molar refractivity (Wildman–Crippen MR) is 94.5 cm³/mol. The Morgan fingerprint density at radius 1 is 1.36 bits per heavy atom. The Kier molecular flexibility index (Phi) is 4.47. The quantitative estimate of drug-likeness (QED) is 0.744. The SMILES string of the molecule is Cn1ncc2c(NCc3cccc(OC[C@H]4CCCO4)c3)ncnc21. The summed E-state index contributed by atoms with van der Waals surface area (Å²) in [4.78, 5) is 8.57. The first kappa shape index (κ1) is 15.8. The number of fused-ring (bicyclic) bond motifs is 1. The number of nitrogens with zero attached hydrogens (tertiary/aromatic N) is 4. The van der Waals surface area contributed by atoms with Crippen molar-refractivity contribution in [2.75, 3.05) is 18.5 Å². The standard InChI is InChI=1S/C18H21N5O2/c1-23-18-16(10-22-23)17(20-12-21-18)19-9-13-4-2-5-14(8-13)25-11-15-6-3-7-24-15/h2,4-5,8,10,12,15H,3,6-7,9,11H2,1H3,(H,19,20,21)/t15-/m1/s1. The first-order valence-electron chi connectivity index (χ1n) is 8.49. The van der Waals surface area contributed by atoms with Crippen LogP contribution in [0, 0.1) is 0 Å². The minimum atomic E-state index is 0.224. The molecule has 0 spiro atoms. The molecule has 1 aliphatic heterocycles. The highest BCUT2D eigenvalue weighted by atomic mass is 16.5. The van der Waals surface area contributed by atoms with Gasteiger partial charge in [-0.3, -0.25) is 4.68 Å². The van der Waals surface area contributed by atoms with Crippen LogP contribution in [0.3, 0.4) is 0 Å². The van der Waals surface area contributed by atoms with Crippen molar-refractivity contribution >= 4 is 16.9 Å². The van der Waals surface area contributed by atoms with Gasteiger partial charge in [0, 0.05) is 20.2 Å². The fourth-order valence-corrected chi connectivity index (χ4v) is 3.00. The van der Waals surface area contributed by atoms with Crippen LogP contribution in [-0.4, -0.2) is 39.1 Å². The highest BCUT2D eigenvalue weighted by molar-refractivity contribution is 5.85. The molecule has 1 saturated heterocycles. The lowest BCUT2D eigenvalue weighted by atomic mass is 10.2. The summed E-state index contributed by atoms with van der Waals surface area (Å²) in [6, 6.07) is 8.08. The van der Waals surface area contributed by atoms with Crippen LogP contribution in [0.2, 0.25) is 0 Å². The van der Waals surface area contributed by atoms with E-state index in [0.29, 0.717) is 13.2 Å². The largest absolute Gasteiger partial charge is 0.491 e. The van der Waals surface area contributed by atoms with Crippen molar-refractivity contribution in [3.8, 4) is 5.75 Å². The lowest BCUT2D eigenvalue weighted by Gasteiger charge is -2.12. The van der Waals surface area contributed by atoms with E-state index in [2.05, 4.69) is 26.4 Å². The van der Waals surface area contributed by atoms with Crippen LogP contribution in [0.15, 0.2) is 36.8 Å². The topological polar surface area (TPSA) is 74.1 Å². The zero-order valence-electron chi connectivity index (χ0n) is 14.2. The van der Waals surface area contributed by atoms with Gasteiger partial charge in [0.1, 0.15) is 24.5 Å². The van der Waals surface area contributed by atoms with Crippen LogP contribution in [0.5, 0.6) is 5.75 Å². The van der Waals surface area contributed by atoms with Crippen molar-refractivity contribution in [1.29, 1.82) is 0 Å². The Morgan fingerprint density at radius 3 is 3.20 bits per heavy atom. The summed E-state index contributed by atoms with van der Waals surface area (Å²) in [6.07, 6.45) is 5.75. The average Bonchev–Trinajstić information content (AvgIpc) is 3.29. The molecule has 1 N–H and O–H groups in total. The molecule has 0 amide bonds. The van der Waals surface area contributed by atoms with Gasteiger partial charge in [-0.05, 0) is 30.5 Å². The molecule has 1 aliphatic rings. The van der Waals surface area contributed by atoms with Crippen molar-refractivity contribution in [2.45, 2.75) is 25.5 Å². The lowest BCUT2D eigenvalue weighted by molar-refractivity contribution is 0.0679. The van der Waals surface area contributed by atoms with Gasteiger partial charge < -0.3 is 14.8 Å². The molecule has 3 aromatic rings. The molecular formula is C18H21N5O2. The molecule has 1 atom stereocenters.